The van der Waals surface area contributed by atoms with Gasteiger partial charge in [0.15, 0.2) is 0 Å². The fourth-order valence-corrected chi connectivity index (χ4v) is 7.69. The van der Waals surface area contributed by atoms with E-state index in [2.05, 4.69) is 61.7 Å². The van der Waals surface area contributed by atoms with Crippen LogP contribution in [0.25, 0.3) is 0 Å². The minimum Gasteiger partial charge on any atom is -0.393 e. The Hall–Kier alpha value is -2.00. The number of allylic oxidation sites excluding steroid dienone is 9. The molecule has 1 rings (SSSR count). The molecule has 8 atom stereocenters. The molecule has 13 nitrogen and oxygen atoms in total. The zero-order valence-corrected chi connectivity index (χ0v) is 36.8. The highest BCUT2D eigenvalue weighted by Gasteiger charge is 2.51. The zero-order chi connectivity index (χ0) is 43.7. The van der Waals surface area contributed by atoms with Crippen LogP contribution in [-0.4, -0.2) is 108 Å². The van der Waals surface area contributed by atoms with E-state index in [9.17, 15) is 50.0 Å². The van der Waals surface area contributed by atoms with Crippen molar-refractivity contribution in [2.75, 3.05) is 6.61 Å². The fraction of sp³-hybridized carbons (Fsp3) is 0.756. The summed E-state index contributed by atoms with van der Waals surface area (Å²) in [6.07, 6.45) is 27.7. The molecule has 0 saturated heterocycles. The predicted molar refractivity (Wildman–Crippen MR) is 233 cm³/mol. The van der Waals surface area contributed by atoms with Crippen molar-refractivity contribution in [3.05, 3.63) is 60.8 Å². The number of amides is 1. The van der Waals surface area contributed by atoms with E-state index < -0.39 is 75.2 Å². The summed E-state index contributed by atoms with van der Waals surface area (Å²) in [5.41, 5.74) is 0. The number of hydrogen-bond acceptors (Lipinski definition) is 11. The van der Waals surface area contributed by atoms with Gasteiger partial charge in [-0.3, -0.25) is 13.8 Å². The standard InChI is InChI=1S/C45H80NO12P/c1-3-5-7-9-11-13-15-16-17-18-19-20-21-22-23-24-26-28-30-32-36(47)34-39(49)46-37(38(48)33-31-29-27-25-14-12-10-8-6-4-2)35-57-59(55,56)58-45-43(53)41(51)40(50)42(52)44(45)54/h5-8,11,13-14,25,31,33,36-38,40-45,47-48,50-54H,3-4,9-10,12,15-24,26-30,32,34-35H2,1-2H3,(H,46,49)(H,55,56)/b7-5-,8-6+,13-11-,25-14+,33-31+. The first kappa shape index (κ1) is 55.0. The predicted octanol–water partition coefficient (Wildman–Crippen LogP) is 6.92. The molecule has 8 unspecified atom stereocenters. The molecule has 1 saturated carbocycles. The zero-order valence-electron chi connectivity index (χ0n) is 35.9. The molecular formula is C45H80NO12P. The van der Waals surface area contributed by atoms with Gasteiger partial charge in [-0.25, -0.2) is 4.57 Å². The van der Waals surface area contributed by atoms with Crippen LogP contribution in [0.5, 0.6) is 0 Å². The molecule has 0 aromatic rings. The molecule has 0 aromatic heterocycles. The normalized spacial score (nSPS) is 24.2. The summed E-state index contributed by atoms with van der Waals surface area (Å²) < 4.78 is 22.8. The molecule has 1 fully saturated rings. The average Bonchev–Trinajstić information content (AvgIpc) is 3.21. The van der Waals surface area contributed by atoms with Gasteiger partial charge in [0.2, 0.25) is 5.91 Å². The number of carbonyl (C=O) groups is 1. The van der Waals surface area contributed by atoms with Crippen molar-refractivity contribution in [2.24, 2.45) is 0 Å². The van der Waals surface area contributed by atoms with Gasteiger partial charge in [-0.15, -0.1) is 0 Å². The minimum absolute atomic E-state index is 0.260. The second-order valence-corrected chi connectivity index (χ2v) is 17.1. The Balaban J connectivity index is 2.50. The van der Waals surface area contributed by atoms with Crippen molar-refractivity contribution >= 4 is 13.7 Å². The number of carbonyl (C=O) groups excluding carboxylic acids is 1. The van der Waals surface area contributed by atoms with E-state index in [1.54, 1.807) is 6.08 Å². The summed E-state index contributed by atoms with van der Waals surface area (Å²) in [6.45, 7) is 3.47. The van der Waals surface area contributed by atoms with Crippen molar-refractivity contribution < 1.29 is 59.0 Å². The largest absolute Gasteiger partial charge is 0.472 e. The number of unbranched alkanes of at least 4 members (excludes halogenated alkanes) is 14. The minimum atomic E-state index is -5.15. The lowest BCUT2D eigenvalue weighted by atomic mass is 9.85. The summed E-state index contributed by atoms with van der Waals surface area (Å²) in [4.78, 5) is 23.4. The lowest BCUT2D eigenvalue weighted by Crippen LogP contribution is -2.64. The van der Waals surface area contributed by atoms with Crippen LogP contribution in [0.3, 0.4) is 0 Å². The van der Waals surface area contributed by atoms with Crippen LogP contribution in [0.1, 0.15) is 155 Å². The molecule has 1 aliphatic rings. The molecule has 0 aromatic carbocycles. The van der Waals surface area contributed by atoms with Gasteiger partial charge in [0.05, 0.1) is 31.3 Å². The van der Waals surface area contributed by atoms with Crippen LogP contribution in [0, 0.1) is 0 Å². The molecule has 0 aliphatic heterocycles. The molecule has 9 N–H and O–H groups in total. The highest BCUT2D eigenvalue weighted by atomic mass is 31.2. The van der Waals surface area contributed by atoms with Gasteiger partial charge in [0.25, 0.3) is 0 Å². The highest BCUT2D eigenvalue weighted by Crippen LogP contribution is 2.47. The summed E-state index contributed by atoms with van der Waals surface area (Å²) in [7, 11) is -5.15. The average molecular weight is 858 g/mol. The maximum absolute atomic E-state index is 13.0. The number of hydrogen-bond donors (Lipinski definition) is 9. The molecule has 0 radical (unpaired) electrons. The number of phosphoric acid groups is 1. The van der Waals surface area contributed by atoms with Crippen LogP contribution in [0.2, 0.25) is 0 Å². The van der Waals surface area contributed by atoms with Crippen LogP contribution >= 0.6 is 7.82 Å². The Morgan fingerprint density at radius 2 is 1.05 bits per heavy atom. The Morgan fingerprint density at radius 3 is 1.61 bits per heavy atom. The summed E-state index contributed by atoms with van der Waals surface area (Å²) in [5.74, 6) is -0.613. The van der Waals surface area contributed by atoms with Crippen LogP contribution in [-0.2, 0) is 18.4 Å². The SMILES string of the molecule is CC/C=C\C/C=C\CCCCCCCCCCCCCCC(O)CC(=O)NC(COP(=O)(O)OC1C(O)C(O)C(O)C(O)C1O)C(O)/C=C/CC/C=C/CC/C=C/CC. The van der Waals surface area contributed by atoms with Gasteiger partial charge in [-0.1, -0.05) is 145 Å². The van der Waals surface area contributed by atoms with E-state index in [1.807, 2.05) is 6.08 Å². The lowest BCUT2D eigenvalue weighted by molar-refractivity contribution is -0.220. The van der Waals surface area contributed by atoms with Crippen molar-refractivity contribution in [2.45, 2.75) is 210 Å². The van der Waals surface area contributed by atoms with E-state index >= 15 is 0 Å². The highest BCUT2D eigenvalue weighted by molar-refractivity contribution is 7.47. The topological polar surface area (TPSA) is 226 Å². The summed E-state index contributed by atoms with van der Waals surface area (Å²) >= 11 is 0. The van der Waals surface area contributed by atoms with Crippen LogP contribution < -0.4 is 5.32 Å². The van der Waals surface area contributed by atoms with Gasteiger partial charge in [0.1, 0.15) is 36.6 Å². The Bertz CT molecular complexity index is 1240. The Kier molecular flexibility index (Phi) is 32.2. The van der Waals surface area contributed by atoms with Gasteiger partial charge in [-0.2, -0.15) is 0 Å². The van der Waals surface area contributed by atoms with E-state index in [4.69, 9.17) is 9.05 Å². The van der Waals surface area contributed by atoms with Crippen molar-refractivity contribution in [3.63, 3.8) is 0 Å². The summed E-state index contributed by atoms with van der Waals surface area (Å²) in [5, 5.41) is 74.2. The first-order valence-electron chi connectivity index (χ1n) is 22.3. The van der Waals surface area contributed by atoms with Crippen LogP contribution in [0.15, 0.2) is 60.8 Å². The third-order valence-corrected chi connectivity index (χ3v) is 11.3. The molecule has 14 heteroatoms. The monoisotopic (exact) mass is 858 g/mol. The first-order chi connectivity index (χ1) is 28.3. The molecule has 1 amide bonds. The molecule has 1 aliphatic carbocycles. The smallest absolute Gasteiger partial charge is 0.393 e. The second kappa shape index (κ2) is 34.6. The van der Waals surface area contributed by atoms with Crippen molar-refractivity contribution in [1.82, 2.24) is 5.32 Å². The Labute approximate surface area is 354 Å². The van der Waals surface area contributed by atoms with Crippen molar-refractivity contribution in [1.29, 1.82) is 0 Å². The number of rotatable bonds is 35. The summed E-state index contributed by atoms with van der Waals surface area (Å²) in [6, 6.07) is -1.26. The van der Waals surface area contributed by atoms with E-state index in [-0.39, 0.29) is 6.42 Å². The number of nitrogens with one attached hydrogen (secondary N) is 1. The van der Waals surface area contributed by atoms with E-state index in [0.29, 0.717) is 19.3 Å². The second-order valence-electron chi connectivity index (χ2n) is 15.7. The third-order valence-electron chi connectivity index (χ3n) is 10.3. The lowest BCUT2D eigenvalue weighted by Gasteiger charge is -2.41. The molecule has 342 valence electrons. The maximum atomic E-state index is 13.0. The number of phosphoric ester groups is 1. The molecule has 0 bridgehead atoms. The maximum Gasteiger partial charge on any atom is 0.472 e. The van der Waals surface area contributed by atoms with E-state index in [0.717, 1.165) is 57.8 Å². The van der Waals surface area contributed by atoms with Crippen LogP contribution in [0.4, 0.5) is 0 Å². The van der Waals surface area contributed by atoms with Gasteiger partial charge < -0.3 is 46.0 Å². The Morgan fingerprint density at radius 1 is 0.610 bits per heavy atom. The van der Waals surface area contributed by atoms with E-state index in [1.165, 1.54) is 63.9 Å². The van der Waals surface area contributed by atoms with Gasteiger partial charge in [-0.05, 0) is 64.2 Å². The quantitative estimate of drug-likeness (QED) is 0.0180. The molecule has 59 heavy (non-hydrogen) atoms. The number of aliphatic hydroxyl groups is 7. The first-order valence-corrected chi connectivity index (χ1v) is 23.8. The molecule has 0 spiro atoms. The number of aliphatic hydroxyl groups excluding tert-OH is 7. The molecular weight excluding hydrogens is 777 g/mol. The molecule has 0 heterocycles. The third kappa shape index (κ3) is 26.8. The fourth-order valence-electron chi connectivity index (χ4n) is 6.73. The van der Waals surface area contributed by atoms with Gasteiger partial charge in [0, 0.05) is 0 Å². The van der Waals surface area contributed by atoms with Crippen molar-refractivity contribution in [3.8, 4) is 0 Å². The van der Waals surface area contributed by atoms with Gasteiger partial charge >= 0.3 is 7.82 Å².